The van der Waals surface area contributed by atoms with Crippen LogP contribution in [0.15, 0.2) is 18.2 Å². The Bertz CT molecular complexity index is 388. The minimum atomic E-state index is -0.362. The normalized spacial score (nSPS) is 11.4. The van der Waals surface area contributed by atoms with Crippen LogP contribution in [0.5, 0.6) is 11.5 Å². The summed E-state index contributed by atoms with van der Waals surface area (Å²) in [4.78, 5) is 0. The Morgan fingerprint density at radius 2 is 2.00 bits per heavy atom. The smallest absolute Gasteiger partial charge is 0.127 e. The van der Waals surface area contributed by atoms with Crippen LogP contribution in [0.4, 0.5) is 4.39 Å². The van der Waals surface area contributed by atoms with Gasteiger partial charge >= 0.3 is 0 Å². The van der Waals surface area contributed by atoms with E-state index in [1.165, 1.54) is 0 Å². The first-order valence-corrected chi connectivity index (χ1v) is 6.57. The maximum atomic E-state index is 12.1. The van der Waals surface area contributed by atoms with Crippen molar-refractivity contribution in [3.8, 4) is 11.5 Å². The molecule has 1 rings (SSSR count). The predicted octanol–water partition coefficient (Wildman–Crippen LogP) is 3.32. The zero-order valence-corrected chi connectivity index (χ0v) is 12.3. The molecule has 1 aromatic rings. The summed E-state index contributed by atoms with van der Waals surface area (Å²) in [6.45, 7) is 7.06. The van der Waals surface area contributed by atoms with E-state index in [0.29, 0.717) is 19.6 Å². The molecule has 1 N–H and O–H groups in total. The van der Waals surface area contributed by atoms with Crippen LogP contribution in [0, 0.1) is 0 Å². The van der Waals surface area contributed by atoms with Crippen LogP contribution in [-0.4, -0.2) is 25.9 Å². The Hall–Kier alpha value is -1.29. The van der Waals surface area contributed by atoms with Gasteiger partial charge in [0.05, 0.1) is 20.4 Å². The Balaban J connectivity index is 2.76. The summed E-state index contributed by atoms with van der Waals surface area (Å²) < 4.78 is 22.9. The lowest BCUT2D eigenvalue weighted by Gasteiger charge is -2.22. The highest BCUT2D eigenvalue weighted by Gasteiger charge is 2.11. The average Bonchev–Trinajstić information content (AvgIpc) is 2.36. The average molecular weight is 269 g/mol. The van der Waals surface area contributed by atoms with E-state index in [2.05, 4.69) is 26.1 Å². The third-order valence-corrected chi connectivity index (χ3v) is 2.62. The van der Waals surface area contributed by atoms with Crippen LogP contribution in [0.25, 0.3) is 0 Å². The van der Waals surface area contributed by atoms with Gasteiger partial charge in [0.15, 0.2) is 0 Å². The number of ether oxygens (including phenoxy) is 2. The van der Waals surface area contributed by atoms with E-state index in [9.17, 15) is 4.39 Å². The molecule has 3 nitrogen and oxygen atoms in total. The van der Waals surface area contributed by atoms with E-state index >= 15 is 0 Å². The topological polar surface area (TPSA) is 30.5 Å². The Kier molecular flexibility index (Phi) is 6.09. The largest absolute Gasteiger partial charge is 0.497 e. The number of hydrogen-bond acceptors (Lipinski definition) is 3. The standard InChI is InChI=1S/C15H24FNO2/c1-15(2,3)17-11-12-6-7-13(18-4)10-14(12)19-9-5-8-16/h6-7,10,17H,5,8-9,11H2,1-4H3. The lowest BCUT2D eigenvalue weighted by atomic mass is 10.1. The maximum absolute atomic E-state index is 12.1. The van der Waals surface area contributed by atoms with Gasteiger partial charge in [-0.3, -0.25) is 4.39 Å². The molecule has 0 unspecified atom stereocenters. The lowest BCUT2D eigenvalue weighted by molar-refractivity contribution is 0.283. The van der Waals surface area contributed by atoms with Crippen molar-refractivity contribution in [2.75, 3.05) is 20.4 Å². The fraction of sp³-hybridized carbons (Fsp3) is 0.600. The molecule has 0 radical (unpaired) electrons. The third kappa shape index (κ3) is 5.92. The summed E-state index contributed by atoms with van der Waals surface area (Å²) in [5, 5.41) is 3.41. The van der Waals surface area contributed by atoms with Gasteiger partial charge in [0, 0.05) is 30.1 Å². The first kappa shape index (κ1) is 15.8. The molecule has 108 valence electrons. The van der Waals surface area contributed by atoms with E-state index in [4.69, 9.17) is 9.47 Å². The van der Waals surface area contributed by atoms with Gasteiger partial charge in [-0.2, -0.15) is 0 Å². The summed E-state index contributed by atoms with van der Waals surface area (Å²) in [5.74, 6) is 1.50. The number of benzene rings is 1. The molecule has 0 atom stereocenters. The molecule has 0 aliphatic heterocycles. The molecule has 0 fully saturated rings. The number of nitrogens with one attached hydrogen (secondary N) is 1. The first-order valence-electron chi connectivity index (χ1n) is 6.57. The summed E-state index contributed by atoms with van der Waals surface area (Å²) in [5.41, 5.74) is 1.09. The summed E-state index contributed by atoms with van der Waals surface area (Å²) >= 11 is 0. The van der Waals surface area contributed by atoms with Crippen molar-refractivity contribution >= 4 is 0 Å². The molecule has 0 amide bonds. The second-order valence-corrected chi connectivity index (χ2v) is 5.47. The van der Waals surface area contributed by atoms with Gasteiger partial charge in [-0.1, -0.05) is 6.07 Å². The predicted molar refractivity (Wildman–Crippen MR) is 75.7 cm³/mol. The monoisotopic (exact) mass is 269 g/mol. The Morgan fingerprint density at radius 1 is 1.26 bits per heavy atom. The molecule has 19 heavy (non-hydrogen) atoms. The molecule has 4 heteroatoms. The van der Waals surface area contributed by atoms with Gasteiger partial charge in [-0.15, -0.1) is 0 Å². The quantitative estimate of drug-likeness (QED) is 0.770. The highest BCUT2D eigenvalue weighted by Crippen LogP contribution is 2.25. The van der Waals surface area contributed by atoms with E-state index in [1.54, 1.807) is 7.11 Å². The van der Waals surface area contributed by atoms with Crippen molar-refractivity contribution < 1.29 is 13.9 Å². The Morgan fingerprint density at radius 3 is 2.58 bits per heavy atom. The van der Waals surface area contributed by atoms with Gasteiger partial charge in [0.25, 0.3) is 0 Å². The van der Waals surface area contributed by atoms with Gasteiger partial charge in [-0.05, 0) is 26.8 Å². The highest BCUT2D eigenvalue weighted by molar-refractivity contribution is 5.40. The molecule has 0 saturated heterocycles. The molecule has 0 bridgehead atoms. The van der Waals surface area contributed by atoms with Crippen molar-refractivity contribution in [1.29, 1.82) is 0 Å². The van der Waals surface area contributed by atoms with Crippen molar-refractivity contribution in [1.82, 2.24) is 5.32 Å². The minimum absolute atomic E-state index is 0.0378. The molecule has 0 aromatic heterocycles. The Labute approximate surface area is 115 Å². The van der Waals surface area contributed by atoms with Crippen LogP contribution in [0.2, 0.25) is 0 Å². The molecule has 0 spiro atoms. The lowest BCUT2D eigenvalue weighted by Crippen LogP contribution is -2.35. The van der Waals surface area contributed by atoms with Crippen LogP contribution >= 0.6 is 0 Å². The zero-order valence-electron chi connectivity index (χ0n) is 12.3. The van der Waals surface area contributed by atoms with Gasteiger partial charge < -0.3 is 14.8 Å². The highest BCUT2D eigenvalue weighted by atomic mass is 19.1. The second kappa shape index (κ2) is 7.34. The van der Waals surface area contributed by atoms with E-state index in [-0.39, 0.29) is 12.2 Å². The number of rotatable bonds is 7. The van der Waals surface area contributed by atoms with E-state index in [0.717, 1.165) is 17.1 Å². The van der Waals surface area contributed by atoms with Crippen molar-refractivity contribution in [3.05, 3.63) is 23.8 Å². The van der Waals surface area contributed by atoms with E-state index in [1.807, 2.05) is 18.2 Å². The summed E-state index contributed by atoms with van der Waals surface area (Å²) in [7, 11) is 1.62. The SMILES string of the molecule is COc1ccc(CNC(C)(C)C)c(OCCCF)c1. The molecule has 0 heterocycles. The molecular weight excluding hydrogens is 245 g/mol. The van der Waals surface area contributed by atoms with Gasteiger partial charge in [0.2, 0.25) is 0 Å². The number of hydrogen-bond donors (Lipinski definition) is 1. The van der Waals surface area contributed by atoms with Crippen LogP contribution < -0.4 is 14.8 Å². The number of alkyl halides is 1. The molecular formula is C15H24FNO2. The van der Waals surface area contributed by atoms with Crippen LogP contribution in [0.3, 0.4) is 0 Å². The fourth-order valence-corrected chi connectivity index (χ4v) is 1.54. The number of halogens is 1. The third-order valence-electron chi connectivity index (χ3n) is 2.62. The second-order valence-electron chi connectivity index (χ2n) is 5.47. The minimum Gasteiger partial charge on any atom is -0.497 e. The van der Waals surface area contributed by atoms with Crippen LogP contribution in [0.1, 0.15) is 32.8 Å². The number of methoxy groups -OCH3 is 1. The van der Waals surface area contributed by atoms with E-state index < -0.39 is 0 Å². The van der Waals surface area contributed by atoms with Crippen molar-refractivity contribution in [3.63, 3.8) is 0 Å². The van der Waals surface area contributed by atoms with Gasteiger partial charge in [0.1, 0.15) is 11.5 Å². The molecule has 0 saturated carbocycles. The molecule has 0 aliphatic carbocycles. The summed E-state index contributed by atoms with van der Waals surface area (Å²) in [6, 6.07) is 5.72. The molecule has 0 aliphatic rings. The first-order chi connectivity index (χ1) is 8.96. The zero-order chi connectivity index (χ0) is 14.3. The maximum Gasteiger partial charge on any atom is 0.127 e. The van der Waals surface area contributed by atoms with Crippen molar-refractivity contribution in [2.45, 2.75) is 39.3 Å². The van der Waals surface area contributed by atoms with Gasteiger partial charge in [-0.25, -0.2) is 0 Å². The summed E-state index contributed by atoms with van der Waals surface area (Å²) in [6.07, 6.45) is 0.406. The fourth-order valence-electron chi connectivity index (χ4n) is 1.54. The van der Waals surface area contributed by atoms with Crippen molar-refractivity contribution in [2.24, 2.45) is 0 Å². The molecule has 1 aromatic carbocycles. The van der Waals surface area contributed by atoms with Crippen LogP contribution in [-0.2, 0) is 6.54 Å².